The van der Waals surface area contributed by atoms with Crippen LogP contribution in [0.15, 0.2) is 6.33 Å². The lowest BCUT2D eigenvalue weighted by Crippen LogP contribution is -2.55. The highest BCUT2D eigenvalue weighted by atomic mass is 15.2. The van der Waals surface area contributed by atoms with Gasteiger partial charge in [0.05, 0.1) is 0 Å². The van der Waals surface area contributed by atoms with Crippen molar-refractivity contribution in [2.24, 2.45) is 0 Å². The second kappa shape index (κ2) is 3.64. The van der Waals surface area contributed by atoms with Gasteiger partial charge in [-0.25, -0.2) is 4.98 Å². The summed E-state index contributed by atoms with van der Waals surface area (Å²) in [7, 11) is 0. The molecule has 0 radical (unpaired) electrons. The average molecular weight is 167 g/mol. The molecule has 2 heterocycles. The molecule has 66 valence electrons. The number of H-pyrrole nitrogens is 1. The van der Waals surface area contributed by atoms with E-state index in [1.807, 2.05) is 0 Å². The molecule has 0 spiro atoms. The maximum absolute atomic E-state index is 4.03. The molecule has 5 nitrogen and oxygen atoms in total. The molecule has 1 saturated heterocycles. The van der Waals surface area contributed by atoms with E-state index in [9.17, 15) is 0 Å². The molecule has 3 N–H and O–H groups in total. The molecule has 2 rings (SSSR count). The third-order valence-electron chi connectivity index (χ3n) is 2.04. The Kier molecular flexibility index (Phi) is 2.33. The summed E-state index contributed by atoms with van der Waals surface area (Å²) in [5, 5.41) is 13.2. The quantitative estimate of drug-likeness (QED) is 0.533. The first-order chi connectivity index (χ1) is 5.95. The number of nitrogens with one attached hydrogen (secondary N) is 3. The van der Waals surface area contributed by atoms with Crippen molar-refractivity contribution in [2.75, 3.05) is 19.6 Å². The van der Waals surface area contributed by atoms with Crippen molar-refractivity contribution in [3.8, 4) is 0 Å². The van der Waals surface area contributed by atoms with Crippen molar-refractivity contribution < 1.29 is 0 Å². The largest absolute Gasteiger partial charge is 0.314 e. The van der Waals surface area contributed by atoms with Gasteiger partial charge in [0, 0.05) is 32.1 Å². The average Bonchev–Trinajstić information content (AvgIpc) is 2.46. The van der Waals surface area contributed by atoms with E-state index < -0.39 is 0 Å². The summed E-state index contributed by atoms with van der Waals surface area (Å²) in [4.78, 5) is 4.03. The van der Waals surface area contributed by atoms with E-state index in [0.717, 1.165) is 31.9 Å². The van der Waals surface area contributed by atoms with Crippen LogP contribution in [0.3, 0.4) is 0 Å². The monoisotopic (exact) mass is 167 g/mol. The summed E-state index contributed by atoms with van der Waals surface area (Å²) in [5.41, 5.74) is 0. The van der Waals surface area contributed by atoms with E-state index in [1.54, 1.807) is 6.33 Å². The van der Waals surface area contributed by atoms with Crippen LogP contribution < -0.4 is 10.6 Å². The predicted octanol–water partition coefficient (Wildman–Crippen LogP) is -1.09. The maximum atomic E-state index is 4.03. The highest BCUT2D eigenvalue weighted by Gasteiger charge is 2.14. The van der Waals surface area contributed by atoms with Crippen molar-refractivity contribution in [3.05, 3.63) is 12.2 Å². The van der Waals surface area contributed by atoms with Crippen molar-refractivity contribution in [2.45, 2.75) is 12.5 Å². The Bertz CT molecular complexity index is 216. The normalized spacial score (nSPS) is 17.7. The molecule has 0 atom stereocenters. The zero-order valence-electron chi connectivity index (χ0n) is 6.88. The van der Waals surface area contributed by atoms with Gasteiger partial charge in [-0.15, -0.1) is 0 Å². The summed E-state index contributed by atoms with van der Waals surface area (Å²) in [6, 6.07) is 0.660. The van der Waals surface area contributed by atoms with E-state index in [0.29, 0.717) is 6.04 Å². The molecule has 12 heavy (non-hydrogen) atoms. The molecule has 1 aromatic rings. The number of nitrogens with zero attached hydrogens (tertiary/aromatic N) is 2. The minimum atomic E-state index is 0.660. The minimum Gasteiger partial charge on any atom is -0.314 e. The van der Waals surface area contributed by atoms with Gasteiger partial charge in [0.25, 0.3) is 0 Å². The number of rotatable bonds is 4. The fourth-order valence-electron chi connectivity index (χ4n) is 1.18. The Morgan fingerprint density at radius 1 is 1.58 bits per heavy atom. The molecule has 0 bridgehead atoms. The molecule has 1 aliphatic heterocycles. The van der Waals surface area contributed by atoms with E-state index in [-0.39, 0.29) is 0 Å². The smallest absolute Gasteiger partial charge is 0.137 e. The van der Waals surface area contributed by atoms with Crippen LogP contribution in [-0.2, 0) is 6.42 Å². The van der Waals surface area contributed by atoms with Crippen LogP contribution in [0.2, 0.25) is 0 Å². The zero-order valence-corrected chi connectivity index (χ0v) is 6.88. The van der Waals surface area contributed by atoms with Crippen LogP contribution in [0.1, 0.15) is 5.82 Å². The molecule has 1 aromatic heterocycles. The second-order valence-corrected chi connectivity index (χ2v) is 2.99. The van der Waals surface area contributed by atoms with Gasteiger partial charge < -0.3 is 10.6 Å². The lowest BCUT2D eigenvalue weighted by Gasteiger charge is -2.27. The summed E-state index contributed by atoms with van der Waals surface area (Å²) < 4.78 is 0. The van der Waals surface area contributed by atoms with Crippen molar-refractivity contribution in [1.82, 2.24) is 25.8 Å². The van der Waals surface area contributed by atoms with Gasteiger partial charge in [0.1, 0.15) is 12.2 Å². The summed E-state index contributed by atoms with van der Waals surface area (Å²) in [5.74, 6) is 0.954. The first-order valence-corrected chi connectivity index (χ1v) is 4.23. The van der Waals surface area contributed by atoms with Gasteiger partial charge in [-0.3, -0.25) is 5.10 Å². The second-order valence-electron chi connectivity index (χ2n) is 2.99. The first kappa shape index (κ1) is 7.70. The SMILES string of the molecule is c1n[nH]c(CCNC2CNC2)n1. The van der Waals surface area contributed by atoms with Crippen LogP contribution in [-0.4, -0.2) is 40.9 Å². The summed E-state index contributed by atoms with van der Waals surface area (Å²) >= 11 is 0. The molecule has 0 saturated carbocycles. The molecule has 0 amide bonds. The molecule has 0 aromatic carbocycles. The predicted molar refractivity (Wildman–Crippen MR) is 44.7 cm³/mol. The number of aromatic nitrogens is 3. The number of hydrogen-bond donors (Lipinski definition) is 3. The van der Waals surface area contributed by atoms with Crippen LogP contribution in [0, 0.1) is 0 Å². The molecule has 1 fully saturated rings. The Morgan fingerprint density at radius 3 is 3.08 bits per heavy atom. The summed E-state index contributed by atoms with van der Waals surface area (Å²) in [6.07, 6.45) is 2.47. The minimum absolute atomic E-state index is 0.660. The zero-order chi connectivity index (χ0) is 8.23. The molecule has 5 heteroatoms. The molecular formula is C7H13N5. The van der Waals surface area contributed by atoms with Gasteiger partial charge in [0.2, 0.25) is 0 Å². The van der Waals surface area contributed by atoms with E-state index in [4.69, 9.17) is 0 Å². The van der Waals surface area contributed by atoms with E-state index in [1.165, 1.54) is 0 Å². The fraction of sp³-hybridized carbons (Fsp3) is 0.714. The van der Waals surface area contributed by atoms with Crippen LogP contribution in [0.5, 0.6) is 0 Å². The highest BCUT2D eigenvalue weighted by molar-refractivity contribution is 4.85. The van der Waals surface area contributed by atoms with Gasteiger partial charge in [-0.1, -0.05) is 0 Å². The third kappa shape index (κ3) is 1.80. The van der Waals surface area contributed by atoms with E-state index in [2.05, 4.69) is 25.8 Å². The molecular weight excluding hydrogens is 154 g/mol. The van der Waals surface area contributed by atoms with Crippen LogP contribution in [0.4, 0.5) is 0 Å². The number of aromatic amines is 1. The lowest BCUT2D eigenvalue weighted by molar-refractivity contribution is 0.368. The fourth-order valence-corrected chi connectivity index (χ4v) is 1.18. The van der Waals surface area contributed by atoms with Crippen molar-refractivity contribution in [1.29, 1.82) is 0 Å². The Balaban J connectivity index is 1.62. The Morgan fingerprint density at radius 2 is 2.50 bits per heavy atom. The molecule has 1 aliphatic rings. The van der Waals surface area contributed by atoms with Crippen LogP contribution in [0.25, 0.3) is 0 Å². The van der Waals surface area contributed by atoms with Gasteiger partial charge >= 0.3 is 0 Å². The number of hydrogen-bond acceptors (Lipinski definition) is 4. The van der Waals surface area contributed by atoms with Gasteiger partial charge in [-0.2, -0.15) is 5.10 Å². The van der Waals surface area contributed by atoms with Crippen LogP contribution >= 0.6 is 0 Å². The standard InChI is InChI=1S/C7H13N5/c1(7-10-5-11-12-7)2-9-6-3-8-4-6/h5-6,8-9H,1-4H2,(H,10,11,12). The summed E-state index contributed by atoms with van der Waals surface area (Å²) in [6.45, 7) is 3.16. The van der Waals surface area contributed by atoms with Crippen molar-refractivity contribution in [3.63, 3.8) is 0 Å². The van der Waals surface area contributed by atoms with Gasteiger partial charge in [-0.05, 0) is 0 Å². The Labute approximate surface area is 71.0 Å². The van der Waals surface area contributed by atoms with Gasteiger partial charge in [0.15, 0.2) is 0 Å². The van der Waals surface area contributed by atoms with E-state index >= 15 is 0 Å². The first-order valence-electron chi connectivity index (χ1n) is 4.23. The van der Waals surface area contributed by atoms with Crippen molar-refractivity contribution >= 4 is 0 Å². The maximum Gasteiger partial charge on any atom is 0.137 e. The Hall–Kier alpha value is -0.940. The highest BCUT2D eigenvalue weighted by Crippen LogP contribution is 1.91. The topological polar surface area (TPSA) is 65.6 Å². The third-order valence-corrected chi connectivity index (χ3v) is 2.04. The lowest BCUT2D eigenvalue weighted by atomic mass is 10.2. The molecule has 0 aliphatic carbocycles. The molecule has 0 unspecified atom stereocenters.